The van der Waals surface area contributed by atoms with Crippen LogP contribution in [0, 0.1) is 0 Å². The van der Waals surface area contributed by atoms with Gasteiger partial charge >= 0.3 is 0 Å². The molecule has 1 aromatic heterocycles. The van der Waals surface area contributed by atoms with E-state index in [1.54, 1.807) is 14.2 Å². The van der Waals surface area contributed by atoms with E-state index in [0.29, 0.717) is 18.4 Å². The Hall–Kier alpha value is -2.08. The first-order valence-electron chi connectivity index (χ1n) is 8.96. The average Bonchev–Trinajstić information content (AvgIpc) is 3.10. The summed E-state index contributed by atoms with van der Waals surface area (Å²) in [6.07, 6.45) is 2.97. The molecule has 1 N–H and O–H groups in total. The molecule has 0 atom stereocenters. The van der Waals surface area contributed by atoms with Crippen LogP contribution in [0.1, 0.15) is 49.8 Å². The van der Waals surface area contributed by atoms with Crippen LogP contribution in [0.4, 0.5) is 0 Å². The summed E-state index contributed by atoms with van der Waals surface area (Å²) in [5.74, 6) is 3.79. The lowest BCUT2D eigenvalue weighted by Crippen LogP contribution is -2.38. The van der Waals surface area contributed by atoms with Crippen molar-refractivity contribution < 1.29 is 9.47 Å². The minimum atomic E-state index is 0.463. The minimum Gasteiger partial charge on any atom is -0.493 e. The van der Waals surface area contributed by atoms with Crippen LogP contribution in [0.3, 0.4) is 0 Å². The van der Waals surface area contributed by atoms with Gasteiger partial charge in [-0.2, -0.15) is 5.10 Å². The number of aromatic nitrogens is 3. The maximum absolute atomic E-state index is 5.37. The van der Waals surface area contributed by atoms with Gasteiger partial charge in [0.25, 0.3) is 0 Å². The number of ether oxygens (including phenoxy) is 2. The summed E-state index contributed by atoms with van der Waals surface area (Å²) in [5.41, 5.74) is 1.12. The van der Waals surface area contributed by atoms with Gasteiger partial charge in [0.1, 0.15) is 5.82 Å². The van der Waals surface area contributed by atoms with Crippen molar-refractivity contribution in [3.63, 3.8) is 0 Å². The summed E-state index contributed by atoms with van der Waals surface area (Å²) in [7, 11) is 3.29. The molecule has 1 saturated heterocycles. The molecule has 0 bridgehead atoms. The minimum absolute atomic E-state index is 0.463. The Labute approximate surface area is 149 Å². The van der Waals surface area contributed by atoms with Gasteiger partial charge in [-0.25, -0.2) is 4.98 Å². The van der Waals surface area contributed by atoms with Crippen LogP contribution in [0.25, 0.3) is 0 Å². The Balaban J connectivity index is 1.64. The number of methoxy groups -OCH3 is 2. The molecule has 1 aromatic carbocycles. The number of nitrogens with zero attached hydrogens (tertiary/aromatic N) is 3. The molecule has 1 fully saturated rings. The van der Waals surface area contributed by atoms with Crippen LogP contribution in [0.15, 0.2) is 18.2 Å². The summed E-state index contributed by atoms with van der Waals surface area (Å²) in [6.45, 7) is 6.77. The Morgan fingerprint density at radius 3 is 2.52 bits per heavy atom. The van der Waals surface area contributed by atoms with Gasteiger partial charge in [-0.05, 0) is 57.5 Å². The zero-order valence-electron chi connectivity index (χ0n) is 15.6. The highest BCUT2D eigenvalue weighted by Crippen LogP contribution is 2.29. The SMILES string of the molecule is COc1ccc(Cc2nc(C3CCN(C(C)C)CC3)n[nH]2)cc1OC. The normalized spacial score (nSPS) is 16.4. The van der Waals surface area contributed by atoms with Crippen molar-refractivity contribution in [1.29, 1.82) is 0 Å². The molecule has 25 heavy (non-hydrogen) atoms. The first-order valence-corrected chi connectivity index (χ1v) is 8.96. The van der Waals surface area contributed by atoms with E-state index in [4.69, 9.17) is 14.5 Å². The molecule has 0 radical (unpaired) electrons. The second-order valence-corrected chi connectivity index (χ2v) is 6.91. The van der Waals surface area contributed by atoms with E-state index in [1.165, 1.54) is 0 Å². The zero-order chi connectivity index (χ0) is 17.8. The van der Waals surface area contributed by atoms with E-state index in [-0.39, 0.29) is 0 Å². The fourth-order valence-corrected chi connectivity index (χ4v) is 3.43. The molecular formula is C19H28N4O2. The van der Waals surface area contributed by atoms with Crippen LogP contribution in [-0.2, 0) is 6.42 Å². The van der Waals surface area contributed by atoms with Crippen LogP contribution in [0.2, 0.25) is 0 Å². The lowest BCUT2D eigenvalue weighted by atomic mass is 9.95. The summed E-state index contributed by atoms with van der Waals surface area (Å²) in [6, 6.07) is 6.56. The summed E-state index contributed by atoms with van der Waals surface area (Å²) < 4.78 is 10.7. The highest BCUT2D eigenvalue weighted by molar-refractivity contribution is 5.43. The van der Waals surface area contributed by atoms with Crippen molar-refractivity contribution in [2.24, 2.45) is 0 Å². The molecule has 3 rings (SSSR count). The smallest absolute Gasteiger partial charge is 0.161 e. The number of nitrogens with one attached hydrogen (secondary N) is 1. The van der Waals surface area contributed by atoms with Gasteiger partial charge in [-0.15, -0.1) is 0 Å². The van der Waals surface area contributed by atoms with Gasteiger partial charge in [0.05, 0.1) is 14.2 Å². The topological polar surface area (TPSA) is 63.3 Å². The van der Waals surface area contributed by atoms with Crippen molar-refractivity contribution >= 4 is 0 Å². The van der Waals surface area contributed by atoms with Gasteiger partial charge in [0, 0.05) is 18.4 Å². The maximum Gasteiger partial charge on any atom is 0.161 e. The predicted molar refractivity (Wildman–Crippen MR) is 97.4 cm³/mol. The molecule has 2 aromatic rings. The standard InChI is InChI=1S/C19H28N4O2/c1-13(2)23-9-7-15(8-10-23)19-20-18(21-22-19)12-14-5-6-16(24-3)17(11-14)25-4/h5-6,11,13,15H,7-10,12H2,1-4H3,(H,20,21,22). The molecule has 0 saturated carbocycles. The summed E-state index contributed by atoms with van der Waals surface area (Å²) in [4.78, 5) is 7.26. The van der Waals surface area contributed by atoms with Crippen LogP contribution in [-0.4, -0.2) is 53.4 Å². The molecule has 6 nitrogen and oxygen atoms in total. The molecule has 1 aliphatic heterocycles. The van der Waals surface area contributed by atoms with Crippen molar-refractivity contribution in [3.8, 4) is 11.5 Å². The number of rotatable bonds is 6. The van der Waals surface area contributed by atoms with Crippen molar-refractivity contribution in [2.75, 3.05) is 27.3 Å². The molecular weight excluding hydrogens is 316 g/mol. The first-order chi connectivity index (χ1) is 12.1. The van der Waals surface area contributed by atoms with Crippen LogP contribution >= 0.6 is 0 Å². The van der Waals surface area contributed by atoms with Crippen molar-refractivity contribution in [2.45, 2.75) is 45.1 Å². The third-order valence-corrected chi connectivity index (χ3v) is 4.99. The monoisotopic (exact) mass is 344 g/mol. The number of H-pyrrole nitrogens is 1. The average molecular weight is 344 g/mol. The third kappa shape index (κ3) is 4.12. The van der Waals surface area contributed by atoms with Gasteiger partial charge < -0.3 is 14.4 Å². The number of hydrogen-bond acceptors (Lipinski definition) is 5. The second kappa shape index (κ2) is 7.87. The molecule has 1 aliphatic rings. The Morgan fingerprint density at radius 1 is 1.16 bits per heavy atom. The van der Waals surface area contributed by atoms with Gasteiger partial charge in [-0.1, -0.05) is 6.07 Å². The molecule has 0 spiro atoms. The van der Waals surface area contributed by atoms with E-state index in [9.17, 15) is 0 Å². The number of aromatic amines is 1. The lowest BCUT2D eigenvalue weighted by Gasteiger charge is -2.33. The number of hydrogen-bond donors (Lipinski definition) is 1. The van der Waals surface area contributed by atoms with E-state index in [0.717, 1.165) is 54.6 Å². The van der Waals surface area contributed by atoms with Crippen molar-refractivity contribution in [1.82, 2.24) is 20.1 Å². The fraction of sp³-hybridized carbons (Fsp3) is 0.579. The second-order valence-electron chi connectivity index (χ2n) is 6.91. The van der Waals surface area contributed by atoms with Crippen LogP contribution < -0.4 is 9.47 Å². The molecule has 136 valence electrons. The maximum atomic E-state index is 5.37. The van der Waals surface area contributed by atoms with E-state index < -0.39 is 0 Å². The zero-order valence-corrected chi connectivity index (χ0v) is 15.6. The van der Waals surface area contributed by atoms with E-state index in [2.05, 4.69) is 28.9 Å². The fourth-order valence-electron chi connectivity index (χ4n) is 3.43. The molecule has 0 amide bonds. The lowest BCUT2D eigenvalue weighted by molar-refractivity contribution is 0.169. The molecule has 0 aliphatic carbocycles. The van der Waals surface area contributed by atoms with E-state index in [1.807, 2.05) is 18.2 Å². The Bertz CT molecular complexity index is 690. The third-order valence-electron chi connectivity index (χ3n) is 4.99. The number of benzene rings is 1. The van der Waals surface area contributed by atoms with Crippen molar-refractivity contribution in [3.05, 3.63) is 35.4 Å². The largest absolute Gasteiger partial charge is 0.493 e. The van der Waals surface area contributed by atoms with E-state index >= 15 is 0 Å². The predicted octanol–water partition coefficient (Wildman–Crippen LogP) is 3.00. The first kappa shape index (κ1) is 17.7. The number of piperidine rings is 1. The van der Waals surface area contributed by atoms with Gasteiger partial charge in [-0.3, -0.25) is 5.10 Å². The van der Waals surface area contributed by atoms with Crippen LogP contribution in [0.5, 0.6) is 11.5 Å². The highest BCUT2D eigenvalue weighted by atomic mass is 16.5. The highest BCUT2D eigenvalue weighted by Gasteiger charge is 2.24. The van der Waals surface area contributed by atoms with Gasteiger partial charge in [0.15, 0.2) is 17.3 Å². The quantitative estimate of drug-likeness (QED) is 0.873. The molecule has 0 unspecified atom stereocenters. The number of likely N-dealkylation sites (tertiary alicyclic amines) is 1. The summed E-state index contributed by atoms with van der Waals surface area (Å²) in [5, 5.41) is 7.58. The molecule has 2 heterocycles. The molecule has 6 heteroatoms. The van der Waals surface area contributed by atoms with Gasteiger partial charge in [0.2, 0.25) is 0 Å². The Morgan fingerprint density at radius 2 is 1.88 bits per heavy atom. The Kier molecular flexibility index (Phi) is 5.58. The summed E-state index contributed by atoms with van der Waals surface area (Å²) >= 11 is 0.